The molecule has 0 heterocycles. The average Bonchev–Trinajstić information content (AvgIpc) is 2.54. The van der Waals surface area contributed by atoms with Gasteiger partial charge in [-0.05, 0) is 48.9 Å². The highest BCUT2D eigenvalue weighted by atomic mass is 35.5. The van der Waals surface area contributed by atoms with Crippen LogP contribution in [-0.2, 0) is 6.61 Å². The summed E-state index contributed by atoms with van der Waals surface area (Å²) < 4.78 is 18.5. The Morgan fingerprint density at radius 2 is 1.92 bits per heavy atom. The van der Waals surface area contributed by atoms with Crippen molar-refractivity contribution in [2.24, 2.45) is 16.7 Å². The van der Waals surface area contributed by atoms with Crippen LogP contribution in [0.15, 0.2) is 47.6 Å². The number of hydrogen-bond donors (Lipinski definition) is 2. The zero-order valence-corrected chi connectivity index (χ0v) is 14.0. The van der Waals surface area contributed by atoms with Gasteiger partial charge in [-0.25, -0.2) is 4.39 Å². The summed E-state index contributed by atoms with van der Waals surface area (Å²) in [5.74, 6) is 5.31. The summed E-state index contributed by atoms with van der Waals surface area (Å²) >= 11 is 5.90. The van der Waals surface area contributed by atoms with E-state index in [4.69, 9.17) is 27.9 Å². The quantitative estimate of drug-likeness (QED) is 0.487. The summed E-state index contributed by atoms with van der Waals surface area (Å²) in [7, 11) is 0. The molecule has 0 fully saturated rings. The van der Waals surface area contributed by atoms with E-state index in [1.807, 2.05) is 38.1 Å². The summed E-state index contributed by atoms with van der Waals surface area (Å²) in [5.41, 5.74) is 7.47. The van der Waals surface area contributed by atoms with Gasteiger partial charge in [-0.3, -0.25) is 0 Å². The van der Waals surface area contributed by atoms with Gasteiger partial charge in [0.05, 0.1) is 10.7 Å². The van der Waals surface area contributed by atoms with Crippen LogP contribution in [0.1, 0.15) is 32.4 Å². The van der Waals surface area contributed by atoms with Crippen LogP contribution < -0.4 is 16.3 Å². The van der Waals surface area contributed by atoms with Crippen molar-refractivity contribution in [3.8, 4) is 5.75 Å². The Balaban J connectivity index is 0.00000123. The third kappa shape index (κ3) is 6.98. The van der Waals surface area contributed by atoms with Crippen LogP contribution in [0.2, 0.25) is 5.02 Å². The van der Waals surface area contributed by atoms with Crippen LogP contribution in [0.4, 0.5) is 4.39 Å². The van der Waals surface area contributed by atoms with Crippen molar-refractivity contribution in [2.45, 2.75) is 27.9 Å². The second-order valence-corrected chi connectivity index (χ2v) is 5.09. The van der Waals surface area contributed by atoms with Crippen molar-refractivity contribution in [2.75, 3.05) is 6.54 Å². The maximum atomic E-state index is 12.9. The number of rotatable bonds is 4. The predicted molar refractivity (Wildman–Crippen MR) is 100 cm³/mol. The third-order valence-electron chi connectivity index (χ3n) is 2.83. The highest BCUT2D eigenvalue weighted by Crippen LogP contribution is 2.25. The van der Waals surface area contributed by atoms with E-state index < -0.39 is 0 Å². The van der Waals surface area contributed by atoms with E-state index in [1.165, 1.54) is 18.2 Å². The second kappa shape index (κ2) is 11.4. The van der Waals surface area contributed by atoms with Gasteiger partial charge in [-0.2, -0.15) is 5.10 Å². The smallest absolute Gasteiger partial charge is 0.138 e. The fourth-order valence-electron chi connectivity index (χ4n) is 1.71. The molecule has 24 heavy (non-hydrogen) atoms. The van der Waals surface area contributed by atoms with Gasteiger partial charge < -0.3 is 16.3 Å². The lowest BCUT2D eigenvalue weighted by Gasteiger charge is -2.09. The fraction of sp³-hybridized carbons (Fsp3) is 0.278. The molecule has 0 aliphatic rings. The summed E-state index contributed by atoms with van der Waals surface area (Å²) in [6, 6.07) is 11.7. The van der Waals surface area contributed by atoms with E-state index in [1.54, 1.807) is 0 Å². The Bertz CT molecular complexity index is 662. The van der Waals surface area contributed by atoms with Crippen LogP contribution >= 0.6 is 11.6 Å². The Labute approximate surface area is 148 Å². The van der Waals surface area contributed by atoms with Gasteiger partial charge in [0.2, 0.25) is 0 Å². The third-order valence-corrected chi connectivity index (χ3v) is 3.12. The molecule has 0 aliphatic carbocycles. The molecule has 0 spiro atoms. The minimum Gasteiger partial charge on any atom is -0.487 e. The first-order valence-electron chi connectivity index (χ1n) is 7.13. The topological polar surface area (TPSA) is 73.6 Å². The first-order chi connectivity index (χ1) is 11.0. The standard InChI is InChI=1S/C15H14ClFN2O.C2H7N.CH4/c1-10(19-18)12-4-2-3-11(7-12)9-20-15-6-5-13(17)8-14(15)16;1-2-3;/h2-8H,9,18H2,1H3;2-3H2,1H3;1H4/b19-10+;;. The van der Waals surface area contributed by atoms with Gasteiger partial charge in [0.15, 0.2) is 0 Å². The summed E-state index contributed by atoms with van der Waals surface area (Å²) in [6.45, 7) is 4.81. The van der Waals surface area contributed by atoms with Gasteiger partial charge in [0.1, 0.15) is 18.2 Å². The molecule has 0 unspecified atom stereocenters. The minimum atomic E-state index is -0.390. The molecule has 0 saturated heterocycles. The molecule has 0 radical (unpaired) electrons. The lowest BCUT2D eigenvalue weighted by Crippen LogP contribution is -2.01. The van der Waals surface area contributed by atoms with Crippen LogP contribution in [0, 0.1) is 5.82 Å². The van der Waals surface area contributed by atoms with E-state index >= 15 is 0 Å². The van der Waals surface area contributed by atoms with Crippen LogP contribution in [0.3, 0.4) is 0 Å². The number of nitrogens with two attached hydrogens (primary N) is 2. The SMILES string of the molecule is C.C/C(=N\N)c1cccc(COc2ccc(F)cc2Cl)c1.CCN. The van der Waals surface area contributed by atoms with Crippen molar-refractivity contribution in [3.05, 3.63) is 64.4 Å². The monoisotopic (exact) mass is 353 g/mol. The Hall–Kier alpha value is -2.11. The van der Waals surface area contributed by atoms with E-state index in [0.29, 0.717) is 12.4 Å². The molecule has 2 aromatic rings. The van der Waals surface area contributed by atoms with Crippen LogP contribution in [-0.4, -0.2) is 12.3 Å². The highest BCUT2D eigenvalue weighted by molar-refractivity contribution is 6.32. The number of benzene rings is 2. The molecule has 0 aromatic heterocycles. The largest absolute Gasteiger partial charge is 0.487 e. The molecular weight excluding hydrogens is 329 g/mol. The lowest BCUT2D eigenvalue weighted by molar-refractivity contribution is 0.306. The van der Waals surface area contributed by atoms with Crippen molar-refractivity contribution in [1.82, 2.24) is 0 Å². The predicted octanol–water partition coefficient (Wildman–Crippen LogP) is 4.34. The molecule has 0 aliphatic heterocycles. The number of nitrogens with zero attached hydrogens (tertiary/aromatic N) is 1. The fourth-order valence-corrected chi connectivity index (χ4v) is 1.94. The average molecular weight is 354 g/mol. The van der Waals surface area contributed by atoms with Crippen LogP contribution in [0.25, 0.3) is 0 Å². The molecule has 0 saturated carbocycles. The summed E-state index contributed by atoms with van der Waals surface area (Å²) in [6.07, 6.45) is 0. The van der Waals surface area contributed by atoms with E-state index in [-0.39, 0.29) is 18.3 Å². The van der Waals surface area contributed by atoms with Gasteiger partial charge in [0, 0.05) is 0 Å². The first kappa shape index (κ1) is 21.9. The van der Waals surface area contributed by atoms with E-state index in [9.17, 15) is 4.39 Å². The molecule has 4 nitrogen and oxygen atoms in total. The van der Waals surface area contributed by atoms with E-state index in [0.717, 1.165) is 23.4 Å². The van der Waals surface area contributed by atoms with Crippen LogP contribution in [0.5, 0.6) is 5.75 Å². The number of hydrogen-bond acceptors (Lipinski definition) is 4. The van der Waals surface area contributed by atoms with Crippen molar-refractivity contribution in [1.29, 1.82) is 0 Å². The first-order valence-corrected chi connectivity index (χ1v) is 7.51. The number of halogens is 2. The molecular formula is C18H25ClFN3O. The van der Waals surface area contributed by atoms with Gasteiger partial charge in [-0.1, -0.05) is 44.2 Å². The van der Waals surface area contributed by atoms with Gasteiger partial charge >= 0.3 is 0 Å². The Morgan fingerprint density at radius 1 is 1.25 bits per heavy atom. The highest BCUT2D eigenvalue weighted by Gasteiger charge is 2.04. The van der Waals surface area contributed by atoms with Crippen molar-refractivity contribution < 1.29 is 9.13 Å². The number of hydrazone groups is 1. The minimum absolute atomic E-state index is 0. The normalized spacial score (nSPS) is 10.3. The van der Waals surface area contributed by atoms with Crippen molar-refractivity contribution >= 4 is 17.3 Å². The lowest BCUT2D eigenvalue weighted by atomic mass is 10.1. The summed E-state index contributed by atoms with van der Waals surface area (Å²) in [5, 5.41) is 3.91. The zero-order chi connectivity index (χ0) is 17.2. The molecule has 132 valence electrons. The Kier molecular flexibility index (Phi) is 10.4. The van der Waals surface area contributed by atoms with E-state index in [2.05, 4.69) is 5.10 Å². The zero-order valence-electron chi connectivity index (χ0n) is 13.2. The maximum absolute atomic E-state index is 12.9. The number of ether oxygens (including phenoxy) is 1. The van der Waals surface area contributed by atoms with Gasteiger partial charge in [0.25, 0.3) is 0 Å². The maximum Gasteiger partial charge on any atom is 0.138 e. The molecule has 0 amide bonds. The molecule has 2 aromatic carbocycles. The van der Waals surface area contributed by atoms with Gasteiger partial charge in [-0.15, -0.1) is 0 Å². The molecule has 4 N–H and O–H groups in total. The molecule has 0 bridgehead atoms. The molecule has 2 rings (SSSR count). The molecule has 6 heteroatoms. The van der Waals surface area contributed by atoms with Crippen molar-refractivity contribution in [3.63, 3.8) is 0 Å². The summed E-state index contributed by atoms with van der Waals surface area (Å²) in [4.78, 5) is 0. The Morgan fingerprint density at radius 3 is 2.50 bits per heavy atom. The second-order valence-electron chi connectivity index (χ2n) is 4.69. The molecule has 0 atom stereocenters.